The summed E-state index contributed by atoms with van der Waals surface area (Å²) in [6.07, 6.45) is 1.71. The van der Waals surface area contributed by atoms with Crippen LogP contribution in [-0.4, -0.2) is 71.6 Å². The molecule has 2 aromatic carbocycles. The van der Waals surface area contributed by atoms with Crippen LogP contribution >= 0.6 is 0 Å². The molecule has 2 aliphatic rings. The van der Waals surface area contributed by atoms with Gasteiger partial charge in [0.2, 0.25) is 0 Å². The zero-order chi connectivity index (χ0) is 26.7. The van der Waals surface area contributed by atoms with Crippen LogP contribution < -0.4 is 9.64 Å². The molecule has 0 aromatic heterocycles. The van der Waals surface area contributed by atoms with Gasteiger partial charge in [-0.2, -0.15) is 0 Å². The summed E-state index contributed by atoms with van der Waals surface area (Å²) in [5, 5.41) is 9.26. The van der Waals surface area contributed by atoms with Crippen molar-refractivity contribution in [2.75, 3.05) is 38.2 Å². The van der Waals surface area contributed by atoms with E-state index in [9.17, 15) is 19.5 Å². The van der Waals surface area contributed by atoms with Gasteiger partial charge >= 0.3 is 12.0 Å². The van der Waals surface area contributed by atoms with Crippen LogP contribution in [0.5, 0.6) is 5.75 Å². The smallest absolute Gasteiger partial charge is 0.327 e. The number of imide groups is 1. The summed E-state index contributed by atoms with van der Waals surface area (Å²) in [4.78, 5) is 44.0. The van der Waals surface area contributed by atoms with Crippen molar-refractivity contribution in [2.45, 2.75) is 52.0 Å². The van der Waals surface area contributed by atoms with Gasteiger partial charge < -0.3 is 19.6 Å². The Hall–Kier alpha value is -3.55. The van der Waals surface area contributed by atoms with Gasteiger partial charge in [0, 0.05) is 31.9 Å². The number of nitrogens with zero attached hydrogens (tertiary/aromatic N) is 3. The molecule has 4 rings (SSSR count). The van der Waals surface area contributed by atoms with Gasteiger partial charge in [-0.15, -0.1) is 0 Å². The van der Waals surface area contributed by atoms with E-state index in [2.05, 4.69) is 4.90 Å². The van der Waals surface area contributed by atoms with E-state index in [0.29, 0.717) is 45.4 Å². The minimum atomic E-state index is -0.856. The first kappa shape index (κ1) is 26.5. The SMILES string of the molecule is COc1ccc(CCN2C(=O)N(CC(C)C)C(=O)C23CCN(c2ccc(C)c(CC(=O)O)c2)CC3)cc1. The summed E-state index contributed by atoms with van der Waals surface area (Å²) in [7, 11) is 1.63. The zero-order valence-corrected chi connectivity index (χ0v) is 22.2. The van der Waals surface area contributed by atoms with Crippen LogP contribution in [0.25, 0.3) is 0 Å². The van der Waals surface area contributed by atoms with Gasteiger partial charge in [0.15, 0.2) is 0 Å². The van der Waals surface area contributed by atoms with Gasteiger partial charge in [-0.1, -0.05) is 32.0 Å². The molecule has 198 valence electrons. The van der Waals surface area contributed by atoms with Crippen LogP contribution in [0.2, 0.25) is 0 Å². The van der Waals surface area contributed by atoms with Crippen molar-refractivity contribution in [3.8, 4) is 5.75 Å². The molecule has 2 aromatic rings. The lowest BCUT2D eigenvalue weighted by atomic mass is 9.85. The third-order valence-corrected chi connectivity index (χ3v) is 7.58. The average Bonchev–Trinajstić information content (AvgIpc) is 3.05. The number of carbonyl (C=O) groups is 3. The number of ether oxygens (including phenoxy) is 1. The van der Waals surface area contributed by atoms with Gasteiger partial charge in [0.05, 0.1) is 13.5 Å². The molecule has 3 amide bonds. The van der Waals surface area contributed by atoms with Crippen LogP contribution in [0.1, 0.15) is 43.4 Å². The number of hydrogen-bond donors (Lipinski definition) is 1. The number of rotatable bonds is 9. The first-order valence-corrected chi connectivity index (χ1v) is 13.0. The maximum atomic E-state index is 13.8. The second kappa shape index (κ2) is 10.8. The van der Waals surface area contributed by atoms with Crippen LogP contribution in [0.15, 0.2) is 42.5 Å². The Morgan fingerprint density at radius 1 is 1.08 bits per heavy atom. The van der Waals surface area contributed by atoms with Crippen LogP contribution in [0.3, 0.4) is 0 Å². The van der Waals surface area contributed by atoms with E-state index in [1.807, 2.05) is 68.1 Å². The Bertz CT molecular complexity index is 1150. The number of anilines is 1. The van der Waals surface area contributed by atoms with Gasteiger partial charge in [-0.05, 0) is 73.1 Å². The number of carbonyl (C=O) groups excluding carboxylic acids is 2. The molecule has 2 heterocycles. The van der Waals surface area contributed by atoms with Crippen LogP contribution in [-0.2, 0) is 22.4 Å². The van der Waals surface area contributed by atoms with E-state index < -0.39 is 11.5 Å². The number of carboxylic acid groups (broad SMARTS) is 1. The minimum absolute atomic E-state index is 0.0201. The molecule has 1 N–H and O–H groups in total. The van der Waals surface area contributed by atoms with E-state index in [4.69, 9.17) is 4.74 Å². The van der Waals surface area contributed by atoms with Crippen molar-refractivity contribution >= 4 is 23.6 Å². The van der Waals surface area contributed by atoms with Crippen molar-refractivity contribution < 1.29 is 24.2 Å². The molecular formula is C29H37N3O5. The van der Waals surface area contributed by atoms with Gasteiger partial charge in [0.25, 0.3) is 5.91 Å². The van der Waals surface area contributed by atoms with E-state index >= 15 is 0 Å². The fourth-order valence-corrected chi connectivity index (χ4v) is 5.48. The molecule has 0 atom stereocenters. The second-order valence-electron chi connectivity index (χ2n) is 10.5. The summed E-state index contributed by atoms with van der Waals surface area (Å²) in [5.41, 5.74) is 2.94. The van der Waals surface area contributed by atoms with Crippen LogP contribution in [0, 0.1) is 12.8 Å². The highest BCUT2D eigenvalue weighted by atomic mass is 16.5. The number of carboxylic acids is 1. The minimum Gasteiger partial charge on any atom is -0.497 e. The number of benzene rings is 2. The predicted molar refractivity (Wildman–Crippen MR) is 142 cm³/mol. The number of aliphatic carboxylic acids is 1. The topological polar surface area (TPSA) is 90.4 Å². The fraction of sp³-hybridized carbons (Fsp3) is 0.483. The molecule has 2 saturated heterocycles. The molecule has 2 fully saturated rings. The molecule has 0 aliphatic carbocycles. The Labute approximate surface area is 218 Å². The largest absolute Gasteiger partial charge is 0.497 e. The van der Waals surface area contributed by atoms with Crippen molar-refractivity contribution in [3.63, 3.8) is 0 Å². The predicted octanol–water partition coefficient (Wildman–Crippen LogP) is 4.13. The molecule has 0 radical (unpaired) electrons. The molecule has 8 heteroatoms. The lowest BCUT2D eigenvalue weighted by Gasteiger charge is -2.43. The normalized spacial score (nSPS) is 17.3. The quantitative estimate of drug-likeness (QED) is 0.513. The lowest BCUT2D eigenvalue weighted by Crippen LogP contribution is -2.57. The number of methoxy groups -OCH3 is 1. The number of hydrogen-bond acceptors (Lipinski definition) is 5. The highest BCUT2D eigenvalue weighted by Crippen LogP contribution is 2.39. The van der Waals surface area contributed by atoms with Crippen molar-refractivity contribution in [3.05, 3.63) is 59.2 Å². The lowest BCUT2D eigenvalue weighted by molar-refractivity contribution is -0.136. The molecule has 1 spiro atoms. The zero-order valence-electron chi connectivity index (χ0n) is 22.2. The van der Waals surface area contributed by atoms with E-state index in [1.165, 1.54) is 4.90 Å². The monoisotopic (exact) mass is 507 g/mol. The summed E-state index contributed by atoms with van der Waals surface area (Å²) in [5.74, 6) is 0.0271. The Kier molecular flexibility index (Phi) is 7.76. The Balaban J connectivity index is 1.54. The number of amides is 3. The first-order valence-electron chi connectivity index (χ1n) is 13.0. The molecule has 0 unspecified atom stereocenters. The maximum Gasteiger partial charge on any atom is 0.327 e. The molecular weight excluding hydrogens is 470 g/mol. The van der Waals surface area contributed by atoms with Gasteiger partial charge in [-0.25, -0.2) is 4.79 Å². The van der Waals surface area contributed by atoms with E-state index in [-0.39, 0.29) is 24.3 Å². The third kappa shape index (κ3) is 5.43. The second-order valence-corrected chi connectivity index (χ2v) is 10.5. The van der Waals surface area contributed by atoms with Crippen LogP contribution in [0.4, 0.5) is 10.5 Å². The number of piperidine rings is 1. The summed E-state index contributed by atoms with van der Waals surface area (Å²) in [6, 6.07) is 13.5. The Morgan fingerprint density at radius 2 is 1.76 bits per heavy atom. The maximum absolute atomic E-state index is 13.8. The summed E-state index contributed by atoms with van der Waals surface area (Å²) in [6.45, 7) is 8.06. The number of urea groups is 1. The van der Waals surface area contributed by atoms with Gasteiger partial charge in [0.1, 0.15) is 11.3 Å². The molecule has 37 heavy (non-hydrogen) atoms. The van der Waals surface area contributed by atoms with E-state index in [0.717, 1.165) is 28.1 Å². The highest BCUT2D eigenvalue weighted by Gasteiger charge is 2.57. The van der Waals surface area contributed by atoms with Crippen molar-refractivity contribution in [1.82, 2.24) is 9.80 Å². The standard InChI is InChI=1S/C29H37N3O5/c1-20(2)19-31-27(35)29(32(28(31)36)14-11-22-6-9-25(37-4)10-7-22)12-15-30(16-13-29)24-8-5-21(3)23(17-24)18-26(33)34/h5-10,17,20H,11-16,18-19H2,1-4H3,(H,33,34). The molecule has 8 nitrogen and oxygen atoms in total. The Morgan fingerprint density at radius 3 is 2.35 bits per heavy atom. The van der Waals surface area contributed by atoms with E-state index in [1.54, 1.807) is 7.11 Å². The van der Waals surface area contributed by atoms with Crippen molar-refractivity contribution in [1.29, 1.82) is 0 Å². The molecule has 0 bridgehead atoms. The third-order valence-electron chi connectivity index (χ3n) is 7.58. The fourth-order valence-electron chi connectivity index (χ4n) is 5.48. The van der Waals surface area contributed by atoms with Crippen molar-refractivity contribution in [2.24, 2.45) is 5.92 Å². The highest BCUT2D eigenvalue weighted by molar-refractivity contribution is 6.07. The average molecular weight is 508 g/mol. The summed E-state index contributed by atoms with van der Waals surface area (Å²) >= 11 is 0. The molecule has 2 aliphatic heterocycles. The summed E-state index contributed by atoms with van der Waals surface area (Å²) < 4.78 is 5.25. The first-order chi connectivity index (χ1) is 17.6. The molecule has 0 saturated carbocycles. The van der Waals surface area contributed by atoms with Gasteiger partial charge in [-0.3, -0.25) is 14.5 Å². The number of aryl methyl sites for hydroxylation is 1.